The largest absolute Gasteiger partial charge is 0.466 e. The van der Waals surface area contributed by atoms with Gasteiger partial charge in [0.15, 0.2) is 0 Å². The number of carbonyl (C=O) groups excluding carboxylic acids is 3. The van der Waals surface area contributed by atoms with Gasteiger partial charge < -0.3 is 14.4 Å². The first-order valence-electron chi connectivity index (χ1n) is 6.69. The van der Waals surface area contributed by atoms with E-state index in [9.17, 15) is 14.4 Å². The van der Waals surface area contributed by atoms with Crippen molar-refractivity contribution < 1.29 is 23.9 Å². The fourth-order valence-corrected chi connectivity index (χ4v) is 1.74. The number of ether oxygens (including phenoxy) is 2. The summed E-state index contributed by atoms with van der Waals surface area (Å²) in [5, 5.41) is 0. The first kappa shape index (κ1) is 15.5. The van der Waals surface area contributed by atoms with Crippen LogP contribution in [0.2, 0.25) is 0 Å². The van der Waals surface area contributed by atoms with Gasteiger partial charge in [-0.15, -0.1) is 0 Å². The molecule has 0 heterocycles. The lowest BCUT2D eigenvalue weighted by Gasteiger charge is -2.21. The molecule has 108 valence electrons. The lowest BCUT2D eigenvalue weighted by Crippen LogP contribution is -2.38. The molecule has 6 nitrogen and oxygen atoms in total. The predicted molar refractivity (Wildman–Crippen MR) is 67.2 cm³/mol. The van der Waals surface area contributed by atoms with Crippen molar-refractivity contribution in [3.05, 3.63) is 0 Å². The Kier molecular flexibility index (Phi) is 6.32. The molecular formula is C13H21NO5. The van der Waals surface area contributed by atoms with Crippen LogP contribution in [0, 0.1) is 0 Å². The summed E-state index contributed by atoms with van der Waals surface area (Å²) < 4.78 is 9.61. The first-order chi connectivity index (χ1) is 9.08. The summed E-state index contributed by atoms with van der Waals surface area (Å²) in [6, 6.07) is 0.124. The summed E-state index contributed by atoms with van der Waals surface area (Å²) >= 11 is 0. The highest BCUT2D eigenvalue weighted by Crippen LogP contribution is 2.27. The van der Waals surface area contributed by atoms with E-state index in [1.807, 2.05) is 0 Å². The van der Waals surface area contributed by atoms with Gasteiger partial charge in [0.05, 0.1) is 19.6 Å². The van der Waals surface area contributed by atoms with E-state index in [4.69, 9.17) is 9.47 Å². The third kappa shape index (κ3) is 5.72. The van der Waals surface area contributed by atoms with Crippen molar-refractivity contribution >= 4 is 17.8 Å². The molecule has 1 amide bonds. The van der Waals surface area contributed by atoms with Crippen LogP contribution in [0.4, 0.5) is 0 Å². The van der Waals surface area contributed by atoms with Gasteiger partial charge in [-0.3, -0.25) is 14.4 Å². The van der Waals surface area contributed by atoms with Crippen LogP contribution in [0.3, 0.4) is 0 Å². The maximum absolute atomic E-state index is 12.0. The van der Waals surface area contributed by atoms with Crippen LogP contribution in [0.25, 0.3) is 0 Å². The molecule has 0 N–H and O–H groups in total. The van der Waals surface area contributed by atoms with Crippen LogP contribution in [-0.2, 0) is 23.9 Å². The van der Waals surface area contributed by atoms with Gasteiger partial charge in [0.25, 0.3) is 0 Å². The fraction of sp³-hybridized carbons (Fsp3) is 0.769. The molecule has 1 saturated carbocycles. The normalized spacial score (nSPS) is 13.8. The molecule has 0 unspecified atom stereocenters. The zero-order valence-corrected chi connectivity index (χ0v) is 11.5. The molecule has 0 aromatic carbocycles. The smallest absolute Gasteiger partial charge is 0.325 e. The summed E-state index contributed by atoms with van der Waals surface area (Å²) in [5.41, 5.74) is 0. The highest BCUT2D eigenvalue weighted by molar-refractivity contribution is 5.85. The Morgan fingerprint density at radius 2 is 1.58 bits per heavy atom. The summed E-state index contributed by atoms with van der Waals surface area (Å²) in [6.45, 7) is 4.02. The van der Waals surface area contributed by atoms with E-state index in [1.165, 1.54) is 4.90 Å². The zero-order chi connectivity index (χ0) is 14.3. The second-order valence-corrected chi connectivity index (χ2v) is 4.36. The van der Waals surface area contributed by atoms with E-state index in [2.05, 4.69) is 0 Å². The summed E-state index contributed by atoms with van der Waals surface area (Å²) in [5.74, 6) is -0.981. The van der Waals surface area contributed by atoms with E-state index in [0.717, 1.165) is 12.8 Å². The minimum Gasteiger partial charge on any atom is -0.466 e. The maximum atomic E-state index is 12.0. The van der Waals surface area contributed by atoms with Crippen LogP contribution in [0.1, 0.15) is 39.5 Å². The van der Waals surface area contributed by atoms with Gasteiger partial charge in [0.2, 0.25) is 5.91 Å². The molecular weight excluding hydrogens is 250 g/mol. The Labute approximate surface area is 113 Å². The average molecular weight is 271 g/mol. The standard InChI is InChI=1S/C13H21NO5/c1-3-18-12(16)8-7-11(15)14(10-5-6-10)9-13(17)19-4-2/h10H,3-9H2,1-2H3. The van der Waals surface area contributed by atoms with Gasteiger partial charge in [0.1, 0.15) is 6.54 Å². The summed E-state index contributed by atoms with van der Waals surface area (Å²) in [4.78, 5) is 36.1. The molecule has 1 aliphatic rings. The van der Waals surface area contributed by atoms with Crippen LogP contribution in [0.15, 0.2) is 0 Å². The van der Waals surface area contributed by atoms with Crippen molar-refractivity contribution in [3.8, 4) is 0 Å². The molecule has 0 aromatic heterocycles. The van der Waals surface area contributed by atoms with Crippen molar-refractivity contribution in [1.82, 2.24) is 4.90 Å². The lowest BCUT2D eigenvalue weighted by molar-refractivity contribution is -0.150. The van der Waals surface area contributed by atoms with Gasteiger partial charge in [0, 0.05) is 12.5 Å². The van der Waals surface area contributed by atoms with Crippen LogP contribution >= 0.6 is 0 Å². The second-order valence-electron chi connectivity index (χ2n) is 4.36. The van der Waals surface area contributed by atoms with Gasteiger partial charge in [-0.2, -0.15) is 0 Å². The molecule has 0 aromatic rings. The second kappa shape index (κ2) is 7.76. The third-order valence-electron chi connectivity index (χ3n) is 2.76. The highest BCUT2D eigenvalue weighted by atomic mass is 16.5. The molecule has 6 heteroatoms. The third-order valence-corrected chi connectivity index (χ3v) is 2.76. The fourth-order valence-electron chi connectivity index (χ4n) is 1.74. The highest BCUT2D eigenvalue weighted by Gasteiger charge is 2.34. The van der Waals surface area contributed by atoms with E-state index in [0.29, 0.717) is 13.2 Å². The minimum atomic E-state index is -0.404. The predicted octanol–water partition coefficient (Wildman–Crippen LogP) is 0.884. The Balaban J connectivity index is 2.40. The lowest BCUT2D eigenvalue weighted by atomic mass is 10.2. The number of hydrogen-bond donors (Lipinski definition) is 0. The Morgan fingerprint density at radius 1 is 1.00 bits per heavy atom. The molecule has 19 heavy (non-hydrogen) atoms. The van der Waals surface area contributed by atoms with Crippen molar-refractivity contribution in [3.63, 3.8) is 0 Å². The number of rotatable bonds is 8. The monoisotopic (exact) mass is 271 g/mol. The molecule has 0 atom stereocenters. The Bertz CT molecular complexity index is 338. The van der Waals surface area contributed by atoms with Crippen LogP contribution in [-0.4, -0.2) is 48.5 Å². The van der Waals surface area contributed by atoms with Crippen molar-refractivity contribution in [2.24, 2.45) is 0 Å². The van der Waals surface area contributed by atoms with Gasteiger partial charge >= 0.3 is 11.9 Å². The quantitative estimate of drug-likeness (QED) is 0.613. The minimum absolute atomic E-state index is 0.0276. The molecule has 1 rings (SSSR count). The number of hydrogen-bond acceptors (Lipinski definition) is 5. The van der Waals surface area contributed by atoms with Gasteiger partial charge in [-0.1, -0.05) is 0 Å². The van der Waals surface area contributed by atoms with E-state index >= 15 is 0 Å². The van der Waals surface area contributed by atoms with E-state index in [-0.39, 0.29) is 37.3 Å². The van der Waals surface area contributed by atoms with Crippen LogP contribution in [0.5, 0.6) is 0 Å². The first-order valence-corrected chi connectivity index (χ1v) is 6.69. The van der Waals surface area contributed by atoms with Crippen LogP contribution < -0.4 is 0 Å². The summed E-state index contributed by atoms with van der Waals surface area (Å²) in [7, 11) is 0. The number of amides is 1. The van der Waals surface area contributed by atoms with E-state index in [1.54, 1.807) is 13.8 Å². The van der Waals surface area contributed by atoms with Gasteiger partial charge in [-0.25, -0.2) is 0 Å². The Hall–Kier alpha value is -1.59. The summed E-state index contributed by atoms with van der Waals surface area (Å²) in [6.07, 6.45) is 1.95. The van der Waals surface area contributed by atoms with Crippen molar-refractivity contribution in [2.75, 3.05) is 19.8 Å². The van der Waals surface area contributed by atoms with Crippen molar-refractivity contribution in [1.29, 1.82) is 0 Å². The molecule has 0 radical (unpaired) electrons. The number of esters is 2. The SMILES string of the molecule is CCOC(=O)CCC(=O)N(CC(=O)OCC)C1CC1. The molecule has 0 saturated heterocycles. The zero-order valence-electron chi connectivity index (χ0n) is 11.5. The Morgan fingerprint density at radius 3 is 2.11 bits per heavy atom. The number of nitrogens with zero attached hydrogens (tertiary/aromatic N) is 1. The average Bonchev–Trinajstić information content (AvgIpc) is 3.18. The molecule has 0 bridgehead atoms. The maximum Gasteiger partial charge on any atom is 0.325 e. The van der Waals surface area contributed by atoms with Gasteiger partial charge in [-0.05, 0) is 26.7 Å². The van der Waals surface area contributed by atoms with E-state index < -0.39 is 5.97 Å². The topological polar surface area (TPSA) is 72.9 Å². The van der Waals surface area contributed by atoms with Crippen molar-refractivity contribution in [2.45, 2.75) is 45.6 Å². The molecule has 1 aliphatic carbocycles. The molecule has 0 aliphatic heterocycles. The molecule has 0 spiro atoms. The number of carbonyl (C=O) groups is 3. The molecule has 1 fully saturated rings.